The zero-order chi connectivity index (χ0) is 16.0. The van der Waals surface area contributed by atoms with Gasteiger partial charge in [0.25, 0.3) is 5.91 Å². The van der Waals surface area contributed by atoms with Gasteiger partial charge in [-0.3, -0.25) is 4.79 Å². The highest BCUT2D eigenvalue weighted by atomic mass is 32.2. The minimum Gasteiger partial charge on any atom is -0.496 e. The number of methoxy groups -OCH3 is 1. The molecule has 0 radical (unpaired) electrons. The summed E-state index contributed by atoms with van der Waals surface area (Å²) >= 11 is 0. The van der Waals surface area contributed by atoms with E-state index in [0.717, 1.165) is 0 Å². The maximum Gasteiger partial charge on any atom is 0.257 e. The van der Waals surface area contributed by atoms with Gasteiger partial charge in [0, 0.05) is 18.3 Å². The minimum atomic E-state index is -3.13. The van der Waals surface area contributed by atoms with Gasteiger partial charge in [0.2, 0.25) is 0 Å². The molecule has 0 aromatic heterocycles. The number of hydrogen-bond acceptors (Lipinski definition) is 4. The fraction of sp³-hybridized carbons (Fsp3) is 0.533. The summed E-state index contributed by atoms with van der Waals surface area (Å²) in [6.45, 7) is 5.64. The Hall–Kier alpha value is -1.56. The SMILES string of the molecule is CCN(C(=O)c1ccccc1OC)C(C)CS(=O)(=O)CC. The number of rotatable bonds is 7. The van der Waals surface area contributed by atoms with Crippen LogP contribution in [0.2, 0.25) is 0 Å². The topological polar surface area (TPSA) is 63.7 Å². The summed E-state index contributed by atoms with van der Waals surface area (Å²) < 4.78 is 28.7. The second-order valence-electron chi connectivity index (χ2n) is 4.84. The van der Waals surface area contributed by atoms with Gasteiger partial charge in [-0.05, 0) is 26.0 Å². The van der Waals surface area contributed by atoms with E-state index in [1.165, 1.54) is 7.11 Å². The van der Waals surface area contributed by atoms with Crippen molar-refractivity contribution in [2.75, 3.05) is 25.2 Å². The van der Waals surface area contributed by atoms with Crippen LogP contribution in [-0.2, 0) is 9.84 Å². The first-order valence-electron chi connectivity index (χ1n) is 7.00. The normalized spacial score (nSPS) is 12.8. The molecule has 0 spiro atoms. The lowest BCUT2D eigenvalue weighted by atomic mass is 10.1. The van der Waals surface area contributed by atoms with Crippen LogP contribution in [0.3, 0.4) is 0 Å². The van der Waals surface area contributed by atoms with Crippen LogP contribution in [0.15, 0.2) is 24.3 Å². The third kappa shape index (κ3) is 4.46. The third-order valence-corrected chi connectivity index (χ3v) is 5.28. The molecule has 0 bridgehead atoms. The summed E-state index contributed by atoms with van der Waals surface area (Å²) in [4.78, 5) is 14.2. The first-order chi connectivity index (χ1) is 9.86. The Morgan fingerprint density at radius 2 is 1.90 bits per heavy atom. The van der Waals surface area contributed by atoms with E-state index in [-0.39, 0.29) is 23.5 Å². The molecule has 1 atom stereocenters. The summed E-state index contributed by atoms with van der Waals surface area (Å²) in [7, 11) is -1.62. The van der Waals surface area contributed by atoms with Crippen LogP contribution in [0, 0.1) is 0 Å². The average Bonchev–Trinajstić information content (AvgIpc) is 2.47. The maximum absolute atomic E-state index is 12.6. The summed E-state index contributed by atoms with van der Waals surface area (Å²) in [5.41, 5.74) is 0.447. The lowest BCUT2D eigenvalue weighted by Gasteiger charge is -2.28. The molecule has 1 unspecified atom stereocenters. The van der Waals surface area contributed by atoms with Crippen LogP contribution in [0.5, 0.6) is 5.75 Å². The standard InChI is InChI=1S/C15H23NO4S/c1-5-16(12(3)11-21(18,19)6-2)15(17)13-9-7-8-10-14(13)20-4/h7-10,12H,5-6,11H2,1-4H3. The minimum absolute atomic E-state index is 0.0295. The van der Waals surface area contributed by atoms with Gasteiger partial charge in [-0.1, -0.05) is 19.1 Å². The number of carbonyl (C=O) groups excluding carboxylic acids is 1. The van der Waals surface area contributed by atoms with Crippen LogP contribution in [0.1, 0.15) is 31.1 Å². The van der Waals surface area contributed by atoms with Crippen LogP contribution in [0.25, 0.3) is 0 Å². The van der Waals surface area contributed by atoms with Crippen molar-refractivity contribution in [2.24, 2.45) is 0 Å². The molecule has 1 amide bonds. The van der Waals surface area contributed by atoms with E-state index >= 15 is 0 Å². The van der Waals surface area contributed by atoms with Gasteiger partial charge in [-0.2, -0.15) is 0 Å². The van der Waals surface area contributed by atoms with Crippen LogP contribution >= 0.6 is 0 Å². The smallest absolute Gasteiger partial charge is 0.257 e. The molecule has 1 rings (SSSR count). The highest BCUT2D eigenvalue weighted by Crippen LogP contribution is 2.20. The van der Waals surface area contributed by atoms with Gasteiger partial charge in [0.15, 0.2) is 9.84 Å². The number of amides is 1. The van der Waals surface area contributed by atoms with Crippen LogP contribution in [-0.4, -0.2) is 50.4 Å². The fourth-order valence-corrected chi connectivity index (χ4v) is 3.36. The van der Waals surface area contributed by atoms with Gasteiger partial charge in [-0.15, -0.1) is 0 Å². The van der Waals surface area contributed by atoms with Crippen LogP contribution < -0.4 is 4.74 Å². The van der Waals surface area contributed by atoms with Crippen LogP contribution in [0.4, 0.5) is 0 Å². The van der Waals surface area contributed by atoms with Crippen molar-refractivity contribution in [3.8, 4) is 5.75 Å². The molecule has 0 aliphatic rings. The molecule has 0 aliphatic heterocycles. The lowest BCUT2D eigenvalue weighted by Crippen LogP contribution is -2.42. The first kappa shape index (κ1) is 17.5. The molecule has 0 aliphatic carbocycles. The Morgan fingerprint density at radius 1 is 1.29 bits per heavy atom. The molecule has 1 aromatic rings. The molecular formula is C15H23NO4S. The van der Waals surface area contributed by atoms with Crippen molar-refractivity contribution < 1.29 is 17.9 Å². The zero-order valence-corrected chi connectivity index (χ0v) is 13.8. The van der Waals surface area contributed by atoms with Gasteiger partial charge in [0.05, 0.1) is 18.4 Å². The monoisotopic (exact) mass is 313 g/mol. The molecule has 0 saturated carbocycles. The van der Waals surface area contributed by atoms with Crippen molar-refractivity contribution in [1.82, 2.24) is 4.90 Å². The third-order valence-electron chi connectivity index (χ3n) is 3.41. The number of benzene rings is 1. The molecule has 0 heterocycles. The lowest BCUT2D eigenvalue weighted by molar-refractivity contribution is 0.0715. The van der Waals surface area contributed by atoms with E-state index in [4.69, 9.17) is 4.74 Å². The first-order valence-corrected chi connectivity index (χ1v) is 8.82. The fourth-order valence-electron chi connectivity index (χ4n) is 2.21. The number of nitrogens with zero attached hydrogens (tertiary/aromatic N) is 1. The molecule has 0 N–H and O–H groups in total. The Kier molecular flexibility index (Phi) is 6.20. The Bertz CT molecular complexity index is 583. The molecule has 21 heavy (non-hydrogen) atoms. The van der Waals surface area contributed by atoms with E-state index in [1.807, 2.05) is 6.92 Å². The van der Waals surface area contributed by atoms with Gasteiger partial charge in [-0.25, -0.2) is 8.42 Å². The number of ether oxygens (including phenoxy) is 1. The van der Waals surface area contributed by atoms with Gasteiger partial charge < -0.3 is 9.64 Å². The second-order valence-corrected chi connectivity index (χ2v) is 7.24. The van der Waals surface area contributed by atoms with Crippen molar-refractivity contribution in [2.45, 2.75) is 26.8 Å². The Balaban J connectivity index is 3.01. The number of carbonyl (C=O) groups is 1. The van der Waals surface area contributed by atoms with Gasteiger partial charge >= 0.3 is 0 Å². The van der Waals surface area contributed by atoms with Crippen molar-refractivity contribution >= 4 is 15.7 Å². The van der Waals surface area contributed by atoms with E-state index in [0.29, 0.717) is 17.9 Å². The highest BCUT2D eigenvalue weighted by molar-refractivity contribution is 7.91. The molecule has 0 fully saturated rings. The quantitative estimate of drug-likeness (QED) is 0.772. The van der Waals surface area contributed by atoms with E-state index in [2.05, 4.69) is 0 Å². The zero-order valence-electron chi connectivity index (χ0n) is 13.0. The highest BCUT2D eigenvalue weighted by Gasteiger charge is 2.25. The van der Waals surface area contributed by atoms with Gasteiger partial charge in [0.1, 0.15) is 5.75 Å². The summed E-state index contributed by atoms with van der Waals surface area (Å²) in [6.07, 6.45) is 0. The molecule has 118 valence electrons. The maximum atomic E-state index is 12.6. The average molecular weight is 313 g/mol. The Morgan fingerprint density at radius 3 is 2.43 bits per heavy atom. The number of hydrogen-bond donors (Lipinski definition) is 0. The predicted molar refractivity (Wildman–Crippen MR) is 83.5 cm³/mol. The van der Waals surface area contributed by atoms with Crippen molar-refractivity contribution in [3.05, 3.63) is 29.8 Å². The van der Waals surface area contributed by atoms with Crippen molar-refractivity contribution in [3.63, 3.8) is 0 Å². The summed E-state index contributed by atoms with van der Waals surface area (Å²) in [5.74, 6) is 0.330. The Labute approximate surface area is 126 Å². The van der Waals surface area contributed by atoms with E-state index in [9.17, 15) is 13.2 Å². The number of sulfone groups is 1. The molecule has 6 heteroatoms. The molecular weight excluding hydrogens is 290 g/mol. The van der Waals surface area contributed by atoms with E-state index in [1.54, 1.807) is 43.0 Å². The molecule has 0 saturated heterocycles. The second kappa shape index (κ2) is 7.45. The van der Waals surface area contributed by atoms with Crippen molar-refractivity contribution in [1.29, 1.82) is 0 Å². The molecule has 5 nitrogen and oxygen atoms in total. The summed E-state index contributed by atoms with van der Waals surface area (Å²) in [5, 5.41) is 0. The largest absolute Gasteiger partial charge is 0.496 e. The predicted octanol–water partition coefficient (Wildman–Crippen LogP) is 1.98. The number of para-hydroxylation sites is 1. The summed E-state index contributed by atoms with van der Waals surface area (Å²) in [6, 6.07) is 6.57. The van der Waals surface area contributed by atoms with E-state index < -0.39 is 9.84 Å². The molecule has 1 aromatic carbocycles.